The zero-order valence-electron chi connectivity index (χ0n) is 20.7. The number of methoxy groups -OCH3 is 2. The van der Waals surface area contributed by atoms with Crippen LogP contribution in [0.25, 0.3) is 0 Å². The van der Waals surface area contributed by atoms with E-state index in [1.807, 2.05) is 6.07 Å². The van der Waals surface area contributed by atoms with E-state index in [0.717, 1.165) is 54.3 Å². The number of aryl methyl sites for hydroxylation is 1. The van der Waals surface area contributed by atoms with Crippen molar-refractivity contribution in [2.24, 2.45) is 0 Å². The van der Waals surface area contributed by atoms with Crippen LogP contribution < -0.4 is 18.9 Å². The van der Waals surface area contributed by atoms with Crippen molar-refractivity contribution in [3.05, 3.63) is 81.9 Å². The maximum absolute atomic E-state index is 13.1. The molecule has 3 aromatic rings. The average molecular weight is 512 g/mol. The van der Waals surface area contributed by atoms with Gasteiger partial charge in [0.05, 0.1) is 19.8 Å². The minimum absolute atomic E-state index is 0.102. The van der Waals surface area contributed by atoms with Gasteiger partial charge in [0.15, 0.2) is 23.0 Å². The number of hydrogen-bond acceptors (Lipinski definition) is 5. The van der Waals surface area contributed by atoms with Crippen LogP contribution in [0.2, 0.25) is 0 Å². The third-order valence-corrected chi connectivity index (χ3v) is 7.87. The molecule has 3 heterocycles. The summed E-state index contributed by atoms with van der Waals surface area (Å²) in [5.74, 6) is 3.10. The van der Waals surface area contributed by atoms with E-state index in [4.69, 9.17) is 18.9 Å². The summed E-state index contributed by atoms with van der Waals surface area (Å²) in [5, 5.41) is 0. The summed E-state index contributed by atoms with van der Waals surface area (Å²) in [6.45, 7) is 1.84. The lowest BCUT2D eigenvalue weighted by molar-refractivity contribution is -0.137. The third kappa shape index (κ3) is 4.17. The van der Waals surface area contributed by atoms with Gasteiger partial charge in [0.25, 0.3) is 0 Å². The topological polar surface area (TPSA) is 40.2 Å². The highest BCUT2D eigenvalue weighted by Gasteiger charge is 2.41. The average Bonchev–Trinajstić information content (AvgIpc) is 3.36. The number of benzene rings is 3. The summed E-state index contributed by atoms with van der Waals surface area (Å²) >= 11 is 0. The fraction of sp³-hybridized carbons (Fsp3) is 0.379. The number of fused-ring (bicyclic) bond motifs is 5. The van der Waals surface area contributed by atoms with Gasteiger partial charge in [0.1, 0.15) is 0 Å². The van der Waals surface area contributed by atoms with E-state index < -0.39 is 11.7 Å². The lowest BCUT2D eigenvalue weighted by Crippen LogP contribution is -2.42. The Kier molecular flexibility index (Phi) is 5.94. The van der Waals surface area contributed by atoms with Crippen molar-refractivity contribution in [2.45, 2.75) is 43.9 Å². The molecule has 0 fully saturated rings. The van der Waals surface area contributed by atoms with Gasteiger partial charge >= 0.3 is 6.18 Å². The molecule has 0 saturated heterocycles. The summed E-state index contributed by atoms with van der Waals surface area (Å²) in [6.07, 6.45) is -2.02. The van der Waals surface area contributed by atoms with Crippen LogP contribution in [-0.4, -0.2) is 32.5 Å². The highest BCUT2D eigenvalue weighted by atomic mass is 19.4. The Morgan fingerprint density at radius 2 is 1.70 bits per heavy atom. The zero-order valence-corrected chi connectivity index (χ0v) is 20.7. The quantitative estimate of drug-likeness (QED) is 0.403. The fourth-order valence-electron chi connectivity index (χ4n) is 6.13. The standard InChI is InChI=1S/C29H28F3NO4/c1-34-24-10-9-20-21(8-5-17-3-6-19(7-4-17)29(30,31)32)27-22-14-26-25(36-16-37-26)13-18(22)11-12-33(27)15-23(20)28(24)35-2/h3-4,6-7,9-10,13-14,21,27H,5,8,11-12,15-16H2,1-2H3. The molecule has 2 atom stereocenters. The van der Waals surface area contributed by atoms with Crippen LogP contribution in [0, 0.1) is 0 Å². The molecule has 5 nitrogen and oxygen atoms in total. The zero-order chi connectivity index (χ0) is 25.7. The van der Waals surface area contributed by atoms with Crippen LogP contribution in [0.4, 0.5) is 13.2 Å². The Bertz CT molecular complexity index is 1320. The van der Waals surface area contributed by atoms with Crippen molar-refractivity contribution in [1.82, 2.24) is 4.90 Å². The van der Waals surface area contributed by atoms with E-state index >= 15 is 0 Å². The van der Waals surface area contributed by atoms with Crippen molar-refractivity contribution >= 4 is 0 Å². The number of halogens is 3. The molecule has 2 unspecified atom stereocenters. The van der Waals surface area contributed by atoms with Gasteiger partial charge in [-0.15, -0.1) is 0 Å². The Morgan fingerprint density at radius 3 is 2.41 bits per heavy atom. The SMILES string of the molecule is COc1ccc2c(c1OC)CN1CCc3cc4c(cc3C1C2CCc1ccc(C(F)(F)F)cc1)OCO4. The normalized spacial score (nSPS) is 20.1. The van der Waals surface area contributed by atoms with Crippen molar-refractivity contribution in [3.8, 4) is 23.0 Å². The number of ether oxygens (including phenoxy) is 4. The predicted octanol–water partition coefficient (Wildman–Crippen LogP) is 6.28. The maximum Gasteiger partial charge on any atom is 0.416 e. The van der Waals surface area contributed by atoms with Crippen LogP contribution in [0.1, 0.15) is 51.8 Å². The van der Waals surface area contributed by atoms with Gasteiger partial charge < -0.3 is 18.9 Å². The predicted molar refractivity (Wildman–Crippen MR) is 131 cm³/mol. The number of rotatable bonds is 5. The maximum atomic E-state index is 13.1. The Morgan fingerprint density at radius 1 is 0.946 bits per heavy atom. The van der Waals surface area contributed by atoms with E-state index in [1.54, 1.807) is 26.4 Å². The van der Waals surface area contributed by atoms with Gasteiger partial charge in [-0.2, -0.15) is 13.2 Å². The van der Waals surface area contributed by atoms with E-state index in [-0.39, 0.29) is 18.8 Å². The monoisotopic (exact) mass is 511 g/mol. The van der Waals surface area contributed by atoms with Crippen LogP contribution in [0.15, 0.2) is 48.5 Å². The first kappa shape index (κ1) is 24.0. The summed E-state index contributed by atoms with van der Waals surface area (Å²) in [6, 6.07) is 13.9. The van der Waals surface area contributed by atoms with Gasteiger partial charge in [0.2, 0.25) is 6.79 Å². The van der Waals surface area contributed by atoms with Gasteiger partial charge in [-0.1, -0.05) is 18.2 Å². The van der Waals surface area contributed by atoms with Gasteiger partial charge in [-0.25, -0.2) is 0 Å². The molecule has 0 radical (unpaired) electrons. The Labute approximate surface area is 213 Å². The van der Waals surface area contributed by atoms with E-state index in [2.05, 4.69) is 23.1 Å². The van der Waals surface area contributed by atoms with Crippen molar-refractivity contribution < 1.29 is 32.1 Å². The second-order valence-electron chi connectivity index (χ2n) is 9.78. The van der Waals surface area contributed by atoms with Crippen molar-refractivity contribution in [2.75, 3.05) is 27.6 Å². The summed E-state index contributed by atoms with van der Waals surface area (Å²) < 4.78 is 61.9. The smallest absolute Gasteiger partial charge is 0.416 e. The largest absolute Gasteiger partial charge is 0.493 e. The molecular formula is C29H28F3NO4. The van der Waals surface area contributed by atoms with Gasteiger partial charge in [-0.05, 0) is 71.8 Å². The van der Waals surface area contributed by atoms with Gasteiger partial charge in [0, 0.05) is 30.6 Å². The second-order valence-corrected chi connectivity index (χ2v) is 9.78. The molecule has 3 aromatic carbocycles. The molecule has 37 heavy (non-hydrogen) atoms. The molecule has 0 amide bonds. The first-order chi connectivity index (χ1) is 17.9. The Balaban J connectivity index is 1.40. The first-order valence-electron chi connectivity index (χ1n) is 12.4. The molecule has 194 valence electrons. The van der Waals surface area contributed by atoms with Crippen LogP contribution >= 0.6 is 0 Å². The number of alkyl halides is 3. The molecule has 3 aliphatic rings. The minimum Gasteiger partial charge on any atom is -0.493 e. The first-order valence-corrected chi connectivity index (χ1v) is 12.4. The summed E-state index contributed by atoms with van der Waals surface area (Å²) in [4.78, 5) is 2.48. The second kappa shape index (κ2) is 9.17. The fourth-order valence-corrected chi connectivity index (χ4v) is 6.13. The highest BCUT2D eigenvalue weighted by Crippen LogP contribution is 2.53. The lowest BCUT2D eigenvalue weighted by Gasteiger charge is -2.46. The highest BCUT2D eigenvalue weighted by molar-refractivity contribution is 5.56. The molecule has 0 spiro atoms. The van der Waals surface area contributed by atoms with Crippen LogP contribution in [0.3, 0.4) is 0 Å². The molecule has 3 aliphatic heterocycles. The molecule has 0 bridgehead atoms. The van der Waals surface area contributed by atoms with Crippen LogP contribution in [-0.2, 0) is 25.6 Å². The molecule has 0 aromatic heterocycles. The number of nitrogens with zero attached hydrogens (tertiary/aromatic N) is 1. The van der Waals surface area contributed by atoms with E-state index in [9.17, 15) is 13.2 Å². The third-order valence-electron chi connectivity index (χ3n) is 7.87. The molecule has 0 N–H and O–H groups in total. The molecule has 6 rings (SSSR count). The summed E-state index contributed by atoms with van der Waals surface area (Å²) in [7, 11) is 3.30. The molecule has 8 heteroatoms. The summed E-state index contributed by atoms with van der Waals surface area (Å²) in [5.41, 5.74) is 5.05. The minimum atomic E-state index is -4.34. The van der Waals surface area contributed by atoms with Crippen molar-refractivity contribution in [3.63, 3.8) is 0 Å². The van der Waals surface area contributed by atoms with Crippen LogP contribution in [0.5, 0.6) is 23.0 Å². The van der Waals surface area contributed by atoms with Crippen molar-refractivity contribution in [1.29, 1.82) is 0 Å². The van der Waals surface area contributed by atoms with E-state index in [0.29, 0.717) is 12.2 Å². The molecule has 0 saturated carbocycles. The van der Waals surface area contributed by atoms with E-state index in [1.165, 1.54) is 28.8 Å². The lowest BCUT2D eigenvalue weighted by atomic mass is 9.74. The molecular weight excluding hydrogens is 483 g/mol. The van der Waals surface area contributed by atoms with Gasteiger partial charge in [-0.3, -0.25) is 4.90 Å². The molecule has 0 aliphatic carbocycles. The number of hydrogen-bond donors (Lipinski definition) is 0. The Hall–Kier alpha value is -3.39.